The van der Waals surface area contributed by atoms with Gasteiger partial charge in [-0.1, -0.05) is 30.4 Å². The van der Waals surface area contributed by atoms with Gasteiger partial charge in [0.2, 0.25) is 10.3 Å². The van der Waals surface area contributed by atoms with Crippen molar-refractivity contribution in [2.24, 2.45) is 5.92 Å². The summed E-state index contributed by atoms with van der Waals surface area (Å²) >= 11 is 1.40. The van der Waals surface area contributed by atoms with Gasteiger partial charge in [-0.05, 0) is 37.8 Å². The lowest BCUT2D eigenvalue weighted by molar-refractivity contribution is 0.262. The molecule has 8 heteroatoms. The Labute approximate surface area is 151 Å². The van der Waals surface area contributed by atoms with Gasteiger partial charge in [0.25, 0.3) is 0 Å². The topological polar surface area (TPSA) is 79.4 Å². The number of piperidine rings is 1. The zero-order valence-corrected chi connectivity index (χ0v) is 15.3. The first-order chi connectivity index (χ1) is 12.2. The molecule has 3 rings (SSSR count). The lowest BCUT2D eigenvalue weighted by Crippen LogP contribution is -2.34. The van der Waals surface area contributed by atoms with Gasteiger partial charge in [-0.15, -0.1) is 10.2 Å². The van der Waals surface area contributed by atoms with Crippen LogP contribution in [0.15, 0.2) is 24.3 Å². The molecule has 134 valence electrons. The molecule has 2 heterocycles. The number of ether oxygens (including phenoxy) is 1. The summed E-state index contributed by atoms with van der Waals surface area (Å²) in [5, 5.41) is 15.2. The average Bonchev–Trinajstić information content (AvgIpc) is 3.05. The Bertz CT molecular complexity index is 721. The number of benzene rings is 1. The second-order valence-corrected chi connectivity index (χ2v) is 7.05. The highest BCUT2D eigenvalue weighted by molar-refractivity contribution is 7.19. The summed E-state index contributed by atoms with van der Waals surface area (Å²) in [5.74, 6) is 1.30. The van der Waals surface area contributed by atoms with Crippen LogP contribution in [0.2, 0.25) is 0 Å². The van der Waals surface area contributed by atoms with Crippen molar-refractivity contribution in [2.45, 2.75) is 26.7 Å². The number of carbonyl (C=O) groups excluding carboxylic acids is 1. The number of nitrogens with one attached hydrogen (secondary N) is 2. The van der Waals surface area contributed by atoms with E-state index >= 15 is 0 Å². The number of hydrogen-bond acceptors (Lipinski definition) is 6. The molecule has 1 aliphatic rings. The van der Waals surface area contributed by atoms with E-state index in [1.54, 1.807) is 6.07 Å². The molecule has 1 aliphatic heterocycles. The normalized spacial score (nSPS) is 17.2. The predicted molar refractivity (Wildman–Crippen MR) is 101 cm³/mol. The van der Waals surface area contributed by atoms with Gasteiger partial charge in [0.15, 0.2) is 0 Å². The van der Waals surface area contributed by atoms with Crippen LogP contribution in [0.4, 0.5) is 20.7 Å². The first-order valence-corrected chi connectivity index (χ1v) is 9.35. The Morgan fingerprint density at radius 1 is 1.36 bits per heavy atom. The minimum Gasteiger partial charge on any atom is -0.492 e. The van der Waals surface area contributed by atoms with Gasteiger partial charge < -0.3 is 15.0 Å². The minimum atomic E-state index is -0.359. The third kappa shape index (κ3) is 4.60. The zero-order valence-electron chi connectivity index (χ0n) is 14.5. The van der Waals surface area contributed by atoms with Gasteiger partial charge >= 0.3 is 6.03 Å². The number of para-hydroxylation sites is 2. The summed E-state index contributed by atoms with van der Waals surface area (Å²) in [4.78, 5) is 14.5. The molecule has 0 unspecified atom stereocenters. The highest BCUT2D eigenvalue weighted by atomic mass is 32.1. The molecular weight excluding hydrogens is 338 g/mol. The van der Waals surface area contributed by atoms with E-state index in [9.17, 15) is 4.79 Å². The van der Waals surface area contributed by atoms with Crippen LogP contribution in [0, 0.1) is 5.92 Å². The van der Waals surface area contributed by atoms with Crippen molar-refractivity contribution in [1.82, 2.24) is 10.2 Å². The molecule has 2 N–H and O–H groups in total. The predicted octanol–water partition coefficient (Wildman–Crippen LogP) is 3.82. The number of nitrogens with zero attached hydrogens (tertiary/aromatic N) is 3. The number of hydrogen-bond donors (Lipinski definition) is 2. The zero-order chi connectivity index (χ0) is 17.6. The second kappa shape index (κ2) is 8.15. The minimum absolute atomic E-state index is 0.359. The maximum atomic E-state index is 12.2. The third-order valence-corrected chi connectivity index (χ3v) is 4.90. The number of anilines is 3. The summed E-state index contributed by atoms with van der Waals surface area (Å²) in [6.45, 7) is 6.67. The summed E-state index contributed by atoms with van der Waals surface area (Å²) in [6.07, 6.45) is 2.42. The number of rotatable bonds is 5. The molecule has 1 fully saturated rings. The Hall–Kier alpha value is -2.35. The fraction of sp³-hybridized carbons (Fsp3) is 0.471. The molecule has 0 saturated carbocycles. The SMILES string of the molecule is CCOc1ccccc1NC(=O)Nc1nnc(N2CCC[C@@H](C)C2)s1. The average molecular weight is 361 g/mol. The van der Waals surface area contributed by atoms with E-state index in [1.807, 2.05) is 25.1 Å². The number of aromatic nitrogens is 2. The molecule has 7 nitrogen and oxygen atoms in total. The molecule has 0 aliphatic carbocycles. The fourth-order valence-corrected chi connectivity index (χ4v) is 3.63. The highest BCUT2D eigenvalue weighted by Crippen LogP contribution is 2.29. The van der Waals surface area contributed by atoms with Crippen molar-refractivity contribution in [3.05, 3.63) is 24.3 Å². The first-order valence-electron chi connectivity index (χ1n) is 8.54. The van der Waals surface area contributed by atoms with Crippen LogP contribution in [-0.2, 0) is 0 Å². The van der Waals surface area contributed by atoms with Crippen molar-refractivity contribution >= 4 is 33.3 Å². The van der Waals surface area contributed by atoms with Crippen LogP contribution >= 0.6 is 11.3 Å². The Morgan fingerprint density at radius 3 is 3.00 bits per heavy atom. The number of carbonyl (C=O) groups is 1. The Kier molecular flexibility index (Phi) is 5.70. The van der Waals surface area contributed by atoms with Crippen molar-refractivity contribution in [3.8, 4) is 5.75 Å². The Balaban J connectivity index is 1.60. The second-order valence-electron chi connectivity index (χ2n) is 6.09. The molecule has 1 aromatic carbocycles. The lowest BCUT2D eigenvalue weighted by atomic mass is 10.0. The van der Waals surface area contributed by atoms with E-state index in [0.29, 0.717) is 29.1 Å². The van der Waals surface area contributed by atoms with Crippen LogP contribution in [0.25, 0.3) is 0 Å². The van der Waals surface area contributed by atoms with Gasteiger partial charge in [0, 0.05) is 13.1 Å². The largest absolute Gasteiger partial charge is 0.492 e. The van der Waals surface area contributed by atoms with Gasteiger partial charge in [-0.2, -0.15) is 0 Å². The summed E-state index contributed by atoms with van der Waals surface area (Å²) in [6, 6.07) is 6.97. The molecule has 0 radical (unpaired) electrons. The van der Waals surface area contributed by atoms with E-state index in [4.69, 9.17) is 4.74 Å². The maximum absolute atomic E-state index is 12.2. The van der Waals surface area contributed by atoms with Gasteiger partial charge in [0.1, 0.15) is 5.75 Å². The summed E-state index contributed by atoms with van der Waals surface area (Å²) in [7, 11) is 0. The molecule has 1 atom stereocenters. The lowest BCUT2D eigenvalue weighted by Gasteiger charge is -2.29. The standard InChI is InChI=1S/C17H23N5O2S/c1-3-24-14-9-5-4-8-13(14)18-15(23)19-16-20-21-17(25-16)22-10-6-7-12(2)11-22/h4-5,8-9,12H,3,6-7,10-11H2,1-2H3,(H2,18,19,20,23)/t12-/m1/s1. The number of urea groups is 1. The van der Waals surface area contributed by atoms with Gasteiger partial charge in [0.05, 0.1) is 12.3 Å². The monoisotopic (exact) mass is 361 g/mol. The van der Waals surface area contributed by atoms with E-state index in [0.717, 1.165) is 24.6 Å². The molecule has 2 aromatic rings. The van der Waals surface area contributed by atoms with E-state index in [-0.39, 0.29) is 6.03 Å². The quantitative estimate of drug-likeness (QED) is 0.846. The van der Waals surface area contributed by atoms with Crippen LogP contribution in [0.5, 0.6) is 5.75 Å². The fourth-order valence-electron chi connectivity index (χ4n) is 2.86. The molecule has 2 amide bonds. The smallest absolute Gasteiger partial charge is 0.325 e. The van der Waals surface area contributed by atoms with Crippen LogP contribution in [0.3, 0.4) is 0 Å². The van der Waals surface area contributed by atoms with E-state index in [2.05, 4.69) is 32.7 Å². The summed E-state index contributed by atoms with van der Waals surface area (Å²) < 4.78 is 5.51. The van der Waals surface area contributed by atoms with Crippen LogP contribution in [-0.4, -0.2) is 35.9 Å². The van der Waals surface area contributed by atoms with Crippen LogP contribution in [0.1, 0.15) is 26.7 Å². The Morgan fingerprint density at radius 2 is 2.20 bits per heavy atom. The highest BCUT2D eigenvalue weighted by Gasteiger charge is 2.20. The van der Waals surface area contributed by atoms with Crippen molar-refractivity contribution in [1.29, 1.82) is 0 Å². The maximum Gasteiger partial charge on any atom is 0.325 e. The number of amides is 2. The molecule has 0 spiro atoms. The van der Waals surface area contributed by atoms with Crippen molar-refractivity contribution in [3.63, 3.8) is 0 Å². The van der Waals surface area contributed by atoms with E-state index < -0.39 is 0 Å². The molecule has 0 bridgehead atoms. The van der Waals surface area contributed by atoms with Crippen LogP contribution < -0.4 is 20.3 Å². The molecule has 1 aromatic heterocycles. The third-order valence-electron chi connectivity index (χ3n) is 4.00. The van der Waals surface area contributed by atoms with Gasteiger partial charge in [-0.3, -0.25) is 5.32 Å². The molecule has 25 heavy (non-hydrogen) atoms. The summed E-state index contributed by atoms with van der Waals surface area (Å²) in [5.41, 5.74) is 0.622. The van der Waals surface area contributed by atoms with Gasteiger partial charge in [-0.25, -0.2) is 4.79 Å². The molecular formula is C17H23N5O2S. The molecule has 1 saturated heterocycles. The van der Waals surface area contributed by atoms with Crippen molar-refractivity contribution in [2.75, 3.05) is 35.2 Å². The van der Waals surface area contributed by atoms with Crippen molar-refractivity contribution < 1.29 is 9.53 Å². The van der Waals surface area contributed by atoms with E-state index in [1.165, 1.54) is 17.8 Å². The first kappa shape index (κ1) is 17.5.